The number of nitrogens with one attached hydrogen (secondary N) is 1. The molecule has 35 heavy (non-hydrogen) atoms. The molecule has 0 spiro atoms. The topological polar surface area (TPSA) is 58.6 Å². The van der Waals surface area contributed by atoms with Gasteiger partial charge >= 0.3 is 0 Å². The first-order chi connectivity index (χ1) is 16.6. The minimum Gasteiger partial charge on any atom is -0.484 e. The zero-order valence-electron chi connectivity index (χ0n) is 20.1. The predicted octanol–water partition coefficient (Wildman–Crippen LogP) is 5.41. The fourth-order valence-electron chi connectivity index (χ4n) is 3.58. The Kier molecular flexibility index (Phi) is 8.88. The summed E-state index contributed by atoms with van der Waals surface area (Å²) in [6, 6.07) is 21.4. The summed E-state index contributed by atoms with van der Waals surface area (Å²) in [5.41, 5.74) is 1.14. The van der Waals surface area contributed by atoms with Gasteiger partial charge in [0.25, 0.3) is 5.91 Å². The van der Waals surface area contributed by atoms with Crippen molar-refractivity contribution in [2.24, 2.45) is 0 Å². The average Bonchev–Trinajstić information content (AvgIpc) is 2.81. The van der Waals surface area contributed by atoms with Gasteiger partial charge in [0.1, 0.15) is 17.6 Å². The van der Waals surface area contributed by atoms with Gasteiger partial charge in [-0.2, -0.15) is 0 Å². The molecule has 1 unspecified atom stereocenters. The minimum atomic E-state index is -0.808. The van der Waals surface area contributed by atoms with Gasteiger partial charge in [0, 0.05) is 23.5 Å². The lowest BCUT2D eigenvalue weighted by atomic mass is 10.0. The van der Waals surface area contributed by atoms with Crippen LogP contribution in [-0.2, 0) is 22.6 Å². The van der Waals surface area contributed by atoms with Gasteiger partial charge < -0.3 is 15.0 Å². The lowest BCUT2D eigenvalue weighted by molar-refractivity contribution is -0.143. The van der Waals surface area contributed by atoms with Crippen LogP contribution in [0.4, 0.5) is 4.39 Å². The average molecular weight is 497 g/mol. The summed E-state index contributed by atoms with van der Waals surface area (Å²) < 4.78 is 18.9. The zero-order chi connectivity index (χ0) is 25.4. The van der Waals surface area contributed by atoms with Gasteiger partial charge in [-0.05, 0) is 62.2 Å². The Labute approximate surface area is 210 Å². The molecule has 0 aliphatic carbocycles. The second kappa shape index (κ2) is 11.8. The maximum atomic E-state index is 13.5. The van der Waals surface area contributed by atoms with E-state index in [0.29, 0.717) is 22.8 Å². The van der Waals surface area contributed by atoms with Crippen LogP contribution in [0.15, 0.2) is 78.9 Å². The molecule has 0 fully saturated rings. The van der Waals surface area contributed by atoms with Crippen molar-refractivity contribution in [1.82, 2.24) is 10.2 Å². The second-order valence-electron chi connectivity index (χ2n) is 9.30. The van der Waals surface area contributed by atoms with E-state index in [2.05, 4.69) is 5.32 Å². The molecule has 0 heterocycles. The number of benzene rings is 3. The van der Waals surface area contributed by atoms with Crippen LogP contribution in [0, 0.1) is 5.82 Å². The lowest BCUT2D eigenvalue weighted by Crippen LogP contribution is -2.55. The Morgan fingerprint density at radius 2 is 1.60 bits per heavy atom. The van der Waals surface area contributed by atoms with E-state index in [-0.39, 0.29) is 25.0 Å². The Hall–Kier alpha value is -3.38. The molecule has 1 N–H and O–H groups in total. The molecular weight excluding hydrogens is 467 g/mol. The molecule has 0 aliphatic rings. The fourth-order valence-corrected chi connectivity index (χ4v) is 3.77. The summed E-state index contributed by atoms with van der Waals surface area (Å²) >= 11 is 6.41. The highest BCUT2D eigenvalue weighted by Crippen LogP contribution is 2.21. The van der Waals surface area contributed by atoms with Gasteiger partial charge in [0.2, 0.25) is 5.91 Å². The minimum absolute atomic E-state index is 0.125. The third-order valence-electron chi connectivity index (χ3n) is 5.24. The van der Waals surface area contributed by atoms with E-state index in [0.717, 1.165) is 5.56 Å². The van der Waals surface area contributed by atoms with Crippen molar-refractivity contribution in [2.75, 3.05) is 6.61 Å². The summed E-state index contributed by atoms with van der Waals surface area (Å²) in [7, 11) is 0. The summed E-state index contributed by atoms with van der Waals surface area (Å²) in [4.78, 5) is 28.5. The smallest absolute Gasteiger partial charge is 0.261 e. The van der Waals surface area contributed by atoms with Crippen LogP contribution in [-0.4, -0.2) is 34.9 Å². The molecule has 0 bridgehead atoms. The molecule has 184 valence electrons. The van der Waals surface area contributed by atoms with E-state index < -0.39 is 17.4 Å². The van der Waals surface area contributed by atoms with Crippen LogP contribution in [0.25, 0.3) is 0 Å². The van der Waals surface area contributed by atoms with Gasteiger partial charge in [-0.1, -0.05) is 60.1 Å². The third-order valence-corrected chi connectivity index (χ3v) is 5.61. The number of carbonyl (C=O) groups excluding carboxylic acids is 2. The lowest BCUT2D eigenvalue weighted by Gasteiger charge is -2.34. The Morgan fingerprint density at radius 1 is 0.971 bits per heavy atom. The predicted molar refractivity (Wildman–Crippen MR) is 136 cm³/mol. The molecular formula is C28H30ClFN2O3. The maximum absolute atomic E-state index is 13.5. The van der Waals surface area contributed by atoms with Crippen LogP contribution in [0.1, 0.15) is 31.9 Å². The van der Waals surface area contributed by atoms with E-state index >= 15 is 0 Å². The number of nitrogens with zero attached hydrogens (tertiary/aromatic N) is 1. The van der Waals surface area contributed by atoms with E-state index in [9.17, 15) is 14.0 Å². The molecule has 2 amide bonds. The maximum Gasteiger partial charge on any atom is 0.261 e. The number of hydrogen-bond donors (Lipinski definition) is 1. The number of ether oxygens (including phenoxy) is 1. The fraction of sp³-hybridized carbons (Fsp3) is 0.286. The number of amides is 2. The number of halogens is 2. The van der Waals surface area contributed by atoms with Crippen LogP contribution < -0.4 is 10.1 Å². The molecule has 7 heteroatoms. The molecule has 0 aliphatic heterocycles. The van der Waals surface area contributed by atoms with Crippen LogP contribution >= 0.6 is 11.6 Å². The van der Waals surface area contributed by atoms with Crippen LogP contribution in [0.5, 0.6) is 5.75 Å². The second-order valence-corrected chi connectivity index (χ2v) is 9.71. The normalized spacial score (nSPS) is 12.0. The van der Waals surface area contributed by atoms with E-state index in [1.54, 1.807) is 6.07 Å². The number of rotatable bonds is 9. The SMILES string of the molecule is CC(C)(C)NC(=O)C(Cc1ccccc1)N(Cc1ccccc1Cl)C(=O)COc1ccc(F)cc1. The summed E-state index contributed by atoms with van der Waals surface area (Å²) in [6.45, 7) is 5.48. The van der Waals surface area contributed by atoms with E-state index in [1.807, 2.05) is 69.3 Å². The third kappa shape index (κ3) is 8.11. The summed E-state index contributed by atoms with van der Waals surface area (Å²) in [5, 5.41) is 3.51. The molecule has 0 radical (unpaired) electrons. The largest absolute Gasteiger partial charge is 0.484 e. The molecule has 3 rings (SSSR count). The molecule has 1 atom stereocenters. The monoisotopic (exact) mass is 496 g/mol. The van der Waals surface area contributed by atoms with Crippen molar-refractivity contribution in [3.63, 3.8) is 0 Å². The Morgan fingerprint density at radius 3 is 2.23 bits per heavy atom. The van der Waals surface area contributed by atoms with Gasteiger partial charge in [-0.3, -0.25) is 9.59 Å². The van der Waals surface area contributed by atoms with Crippen molar-refractivity contribution in [1.29, 1.82) is 0 Å². The number of hydrogen-bond acceptors (Lipinski definition) is 3. The van der Waals surface area contributed by atoms with E-state index in [1.165, 1.54) is 29.2 Å². The number of carbonyl (C=O) groups is 2. The van der Waals surface area contributed by atoms with Gasteiger partial charge in [0.05, 0.1) is 0 Å². The first-order valence-electron chi connectivity index (χ1n) is 11.4. The molecule has 0 saturated carbocycles. The van der Waals surface area contributed by atoms with Crippen LogP contribution in [0.3, 0.4) is 0 Å². The molecule has 3 aromatic rings. The summed E-state index contributed by atoms with van der Waals surface area (Å²) in [6.07, 6.45) is 0.315. The molecule has 0 aromatic heterocycles. The van der Waals surface area contributed by atoms with Crippen molar-refractivity contribution in [3.8, 4) is 5.75 Å². The first-order valence-corrected chi connectivity index (χ1v) is 11.8. The van der Waals surface area contributed by atoms with Gasteiger partial charge in [0.15, 0.2) is 6.61 Å². The highest BCUT2D eigenvalue weighted by molar-refractivity contribution is 6.31. The standard InChI is InChI=1S/C28H30ClFN2O3/c1-28(2,3)31-27(34)25(17-20-9-5-4-6-10-20)32(18-21-11-7-8-12-24(21)29)26(33)19-35-23-15-13-22(30)14-16-23/h4-16,25H,17-19H2,1-3H3,(H,31,34). The van der Waals surface area contributed by atoms with Gasteiger partial charge in [-0.25, -0.2) is 4.39 Å². The highest BCUT2D eigenvalue weighted by Gasteiger charge is 2.32. The molecule has 5 nitrogen and oxygen atoms in total. The van der Waals surface area contributed by atoms with Crippen molar-refractivity contribution >= 4 is 23.4 Å². The van der Waals surface area contributed by atoms with E-state index in [4.69, 9.17) is 16.3 Å². The summed E-state index contributed by atoms with van der Waals surface area (Å²) in [5.74, 6) is -0.704. The van der Waals surface area contributed by atoms with Crippen molar-refractivity contribution in [2.45, 2.75) is 45.3 Å². The highest BCUT2D eigenvalue weighted by atomic mass is 35.5. The Bertz CT molecular complexity index is 1130. The Balaban J connectivity index is 1.93. The first kappa shape index (κ1) is 26.2. The molecule has 3 aromatic carbocycles. The molecule has 0 saturated heterocycles. The van der Waals surface area contributed by atoms with Crippen molar-refractivity contribution in [3.05, 3.63) is 101 Å². The quantitative estimate of drug-likeness (QED) is 0.430. The van der Waals surface area contributed by atoms with Gasteiger partial charge in [-0.15, -0.1) is 0 Å². The zero-order valence-corrected chi connectivity index (χ0v) is 20.9. The van der Waals surface area contributed by atoms with Crippen molar-refractivity contribution < 1.29 is 18.7 Å². The van der Waals surface area contributed by atoms with Crippen LogP contribution in [0.2, 0.25) is 5.02 Å².